The van der Waals surface area contributed by atoms with E-state index in [1.807, 2.05) is 4.90 Å². The van der Waals surface area contributed by atoms with Gasteiger partial charge in [0, 0.05) is 20.1 Å². The van der Waals surface area contributed by atoms with E-state index < -0.39 is 0 Å². The third kappa shape index (κ3) is 2.61. The number of aromatic nitrogens is 2. The third-order valence-electron chi connectivity index (χ3n) is 3.17. The summed E-state index contributed by atoms with van der Waals surface area (Å²) >= 11 is 6.09. The molecule has 0 saturated carbocycles. The van der Waals surface area contributed by atoms with Crippen LogP contribution < -0.4 is 10.2 Å². The molecule has 2 heterocycles. The van der Waals surface area contributed by atoms with Crippen LogP contribution in [0.1, 0.15) is 13.3 Å². The van der Waals surface area contributed by atoms with Gasteiger partial charge in [-0.1, -0.05) is 18.5 Å². The molecule has 1 aromatic rings. The molecule has 1 aliphatic heterocycles. The predicted octanol–water partition coefficient (Wildman–Crippen LogP) is 1.38. The molecule has 0 aliphatic carbocycles. The Hall–Kier alpha value is -1.07. The van der Waals surface area contributed by atoms with E-state index in [0.29, 0.717) is 29.3 Å². The molecule has 17 heavy (non-hydrogen) atoms. The van der Waals surface area contributed by atoms with Crippen LogP contribution in [-0.4, -0.2) is 41.3 Å². The summed E-state index contributed by atoms with van der Waals surface area (Å²) in [5, 5.41) is 13.3. The number of nitrogens with zero attached hydrogens (tertiary/aromatic N) is 3. The van der Waals surface area contributed by atoms with Crippen molar-refractivity contribution in [1.29, 1.82) is 0 Å². The van der Waals surface area contributed by atoms with Crippen LogP contribution >= 0.6 is 11.6 Å². The summed E-state index contributed by atoms with van der Waals surface area (Å²) in [6.45, 7) is 3.49. The normalized spacial score (nSPS) is 24.8. The molecule has 0 bridgehead atoms. The van der Waals surface area contributed by atoms with E-state index in [1.54, 1.807) is 13.2 Å². The van der Waals surface area contributed by atoms with Gasteiger partial charge < -0.3 is 15.3 Å². The maximum absolute atomic E-state index is 9.88. The molecule has 2 atom stereocenters. The molecule has 6 heteroatoms. The van der Waals surface area contributed by atoms with Gasteiger partial charge in [-0.05, 0) is 12.3 Å². The van der Waals surface area contributed by atoms with Crippen molar-refractivity contribution in [2.24, 2.45) is 5.92 Å². The van der Waals surface area contributed by atoms with Crippen molar-refractivity contribution < 1.29 is 5.11 Å². The Morgan fingerprint density at radius 2 is 2.35 bits per heavy atom. The van der Waals surface area contributed by atoms with Crippen LogP contribution in [0.15, 0.2) is 6.20 Å². The number of hydrogen-bond donors (Lipinski definition) is 2. The van der Waals surface area contributed by atoms with Gasteiger partial charge in [-0.3, -0.25) is 0 Å². The van der Waals surface area contributed by atoms with E-state index in [9.17, 15) is 5.11 Å². The maximum atomic E-state index is 9.88. The van der Waals surface area contributed by atoms with Crippen molar-refractivity contribution in [2.75, 3.05) is 30.4 Å². The van der Waals surface area contributed by atoms with Gasteiger partial charge in [-0.2, -0.15) is 4.98 Å². The highest BCUT2D eigenvalue weighted by molar-refractivity contribution is 6.32. The Kier molecular flexibility index (Phi) is 3.69. The number of rotatable bonds is 2. The molecule has 1 fully saturated rings. The second-order valence-electron chi connectivity index (χ2n) is 4.39. The monoisotopic (exact) mass is 256 g/mol. The third-order valence-corrected chi connectivity index (χ3v) is 3.43. The molecule has 94 valence electrons. The lowest BCUT2D eigenvalue weighted by Gasteiger charge is -2.35. The van der Waals surface area contributed by atoms with Crippen LogP contribution in [0.4, 0.5) is 11.8 Å². The summed E-state index contributed by atoms with van der Waals surface area (Å²) in [5.41, 5.74) is 0. The molecule has 0 aromatic carbocycles. The Balaban J connectivity index is 2.21. The van der Waals surface area contributed by atoms with E-state index in [4.69, 9.17) is 11.6 Å². The second-order valence-corrected chi connectivity index (χ2v) is 4.80. The van der Waals surface area contributed by atoms with E-state index >= 15 is 0 Å². The van der Waals surface area contributed by atoms with Gasteiger partial charge in [0.1, 0.15) is 5.02 Å². The number of anilines is 2. The summed E-state index contributed by atoms with van der Waals surface area (Å²) in [6.07, 6.45) is 2.20. The second kappa shape index (κ2) is 5.06. The van der Waals surface area contributed by atoms with Gasteiger partial charge in [0.25, 0.3) is 0 Å². The van der Waals surface area contributed by atoms with Crippen LogP contribution in [-0.2, 0) is 0 Å². The lowest BCUT2D eigenvalue weighted by atomic mass is 9.96. The first-order chi connectivity index (χ1) is 8.11. The van der Waals surface area contributed by atoms with Crippen molar-refractivity contribution in [3.8, 4) is 0 Å². The van der Waals surface area contributed by atoms with Crippen molar-refractivity contribution in [3.05, 3.63) is 11.2 Å². The number of piperidine rings is 1. The molecule has 0 spiro atoms. The summed E-state index contributed by atoms with van der Waals surface area (Å²) in [4.78, 5) is 10.4. The fourth-order valence-corrected chi connectivity index (χ4v) is 2.15. The van der Waals surface area contributed by atoms with Crippen LogP contribution in [0.25, 0.3) is 0 Å². The Labute approximate surface area is 106 Å². The van der Waals surface area contributed by atoms with Crippen LogP contribution in [0, 0.1) is 5.92 Å². The topological polar surface area (TPSA) is 61.3 Å². The smallest absolute Gasteiger partial charge is 0.224 e. The average Bonchev–Trinajstić information content (AvgIpc) is 2.33. The first-order valence-electron chi connectivity index (χ1n) is 5.75. The molecule has 1 aliphatic rings. The van der Waals surface area contributed by atoms with Crippen molar-refractivity contribution in [3.63, 3.8) is 0 Å². The molecule has 2 unspecified atom stereocenters. The molecule has 5 nitrogen and oxygen atoms in total. The molecule has 0 radical (unpaired) electrons. The quantitative estimate of drug-likeness (QED) is 0.837. The summed E-state index contributed by atoms with van der Waals surface area (Å²) < 4.78 is 0. The molecule has 1 aromatic heterocycles. The molecule has 0 amide bonds. The van der Waals surface area contributed by atoms with E-state index in [2.05, 4.69) is 22.2 Å². The van der Waals surface area contributed by atoms with E-state index in [-0.39, 0.29) is 6.10 Å². The zero-order chi connectivity index (χ0) is 12.4. The minimum absolute atomic E-state index is 0.326. The lowest BCUT2D eigenvalue weighted by molar-refractivity contribution is 0.102. The summed E-state index contributed by atoms with van der Waals surface area (Å²) in [5.74, 6) is 1.56. The fourth-order valence-electron chi connectivity index (χ4n) is 1.94. The van der Waals surface area contributed by atoms with Gasteiger partial charge in [0.05, 0.1) is 12.3 Å². The highest BCUT2D eigenvalue weighted by atomic mass is 35.5. The predicted molar refractivity (Wildman–Crippen MR) is 68.6 cm³/mol. The van der Waals surface area contributed by atoms with Crippen molar-refractivity contribution >= 4 is 23.4 Å². The van der Waals surface area contributed by atoms with Gasteiger partial charge in [-0.15, -0.1) is 0 Å². The van der Waals surface area contributed by atoms with E-state index in [1.165, 1.54) is 0 Å². The van der Waals surface area contributed by atoms with Gasteiger partial charge in [-0.25, -0.2) is 4.98 Å². The van der Waals surface area contributed by atoms with Crippen molar-refractivity contribution in [2.45, 2.75) is 19.4 Å². The highest BCUT2D eigenvalue weighted by Crippen LogP contribution is 2.28. The number of hydrogen-bond acceptors (Lipinski definition) is 5. The summed E-state index contributed by atoms with van der Waals surface area (Å²) in [7, 11) is 1.76. The number of β-amino-alcohol motifs (C(OH)–C–C–N with tert-alkyl or cyclic N) is 1. The molecular formula is C11H17ClN4O. The molecule has 2 N–H and O–H groups in total. The Morgan fingerprint density at radius 3 is 3.00 bits per heavy atom. The van der Waals surface area contributed by atoms with Crippen LogP contribution in [0.3, 0.4) is 0 Å². The van der Waals surface area contributed by atoms with Crippen LogP contribution in [0.5, 0.6) is 0 Å². The minimum atomic E-state index is -0.326. The highest BCUT2D eigenvalue weighted by Gasteiger charge is 2.26. The standard InChI is InChI=1S/C11H17ClN4O/c1-7-3-4-16(6-9(7)17)10-8(12)5-14-11(13-2)15-10/h5,7,9,17H,3-4,6H2,1-2H3,(H,13,14,15). The number of aliphatic hydroxyl groups excluding tert-OH is 1. The van der Waals surface area contributed by atoms with Gasteiger partial charge in [0.15, 0.2) is 5.82 Å². The number of halogens is 1. The summed E-state index contributed by atoms with van der Waals surface area (Å²) in [6, 6.07) is 0. The average molecular weight is 257 g/mol. The van der Waals surface area contributed by atoms with Crippen molar-refractivity contribution in [1.82, 2.24) is 9.97 Å². The van der Waals surface area contributed by atoms with E-state index in [0.717, 1.165) is 13.0 Å². The minimum Gasteiger partial charge on any atom is -0.391 e. The Bertz CT molecular complexity index is 401. The first kappa shape index (κ1) is 12.4. The number of aliphatic hydroxyl groups is 1. The molecular weight excluding hydrogens is 240 g/mol. The lowest BCUT2D eigenvalue weighted by Crippen LogP contribution is -2.43. The van der Waals surface area contributed by atoms with Crippen LogP contribution in [0.2, 0.25) is 5.02 Å². The molecule has 2 rings (SSSR count). The zero-order valence-electron chi connectivity index (χ0n) is 10.0. The molecule has 1 saturated heterocycles. The first-order valence-corrected chi connectivity index (χ1v) is 6.13. The number of nitrogens with one attached hydrogen (secondary N) is 1. The largest absolute Gasteiger partial charge is 0.391 e. The fraction of sp³-hybridized carbons (Fsp3) is 0.636. The SMILES string of the molecule is CNc1ncc(Cl)c(N2CCC(C)C(O)C2)n1. The van der Waals surface area contributed by atoms with Gasteiger partial charge >= 0.3 is 0 Å². The van der Waals surface area contributed by atoms with Gasteiger partial charge in [0.2, 0.25) is 5.95 Å². The maximum Gasteiger partial charge on any atom is 0.224 e. The Morgan fingerprint density at radius 1 is 1.59 bits per heavy atom. The zero-order valence-corrected chi connectivity index (χ0v) is 10.8.